The number of rotatable bonds is 28. The van der Waals surface area contributed by atoms with E-state index in [4.69, 9.17) is 47.9 Å². The van der Waals surface area contributed by atoms with Gasteiger partial charge < -0.3 is 47.9 Å². The summed E-state index contributed by atoms with van der Waals surface area (Å²) in [5.41, 5.74) is -9.58. The molecule has 626 valence electrons. The van der Waals surface area contributed by atoms with Gasteiger partial charge in [0.05, 0.1) is 62.2 Å². The molecule has 0 saturated heterocycles. The third kappa shape index (κ3) is 15.9. The predicted molar refractivity (Wildman–Crippen MR) is 448 cm³/mol. The van der Waals surface area contributed by atoms with Crippen LogP contribution in [0.15, 0.2) is 244 Å². The van der Waals surface area contributed by atoms with E-state index in [1.165, 1.54) is 194 Å². The molecule has 44 nitrogen and oxygen atoms in total. The summed E-state index contributed by atoms with van der Waals surface area (Å²) < 4.78 is 52.4. The largest absolute Gasteiger partial charge is 0.431 e. The van der Waals surface area contributed by atoms with Crippen molar-refractivity contribution in [3.8, 4) is 138 Å². The molecular weight excluding hydrogens is 1670 g/mol. The number of ether oxygens (including phenoxy) is 8. The number of nitrogens with zero attached hydrogens (tertiary/aromatic N) is 18. The van der Waals surface area contributed by atoms with Crippen molar-refractivity contribution in [2.45, 2.75) is 0 Å². The van der Waals surface area contributed by atoms with E-state index in [1.54, 1.807) is 0 Å². The van der Waals surface area contributed by atoms with Gasteiger partial charge >= 0.3 is 45.5 Å². The van der Waals surface area contributed by atoms with E-state index in [-0.39, 0.29) is 67.1 Å². The number of hydrogen-bond acceptors (Lipinski definition) is 34. The number of para-hydroxylation sites is 16. The average Bonchev–Trinajstić information content (AvgIpc) is 1.58. The monoisotopic (exact) mass is 1720 g/mol. The smallest absolute Gasteiger partial charge is 0.311 e. The fraction of sp³-hybridized carbons (Fsp3) is 0. The third-order valence-electron chi connectivity index (χ3n) is 19.0. The Kier molecular flexibility index (Phi) is 21.5. The number of benzene rings is 8. The van der Waals surface area contributed by atoms with Gasteiger partial charge in [-0.15, -0.1) is 0 Å². The normalized spacial score (nSPS) is 11.2. The topological polar surface area (TPSA) is 579 Å². The average molecular weight is 1720 g/mol. The van der Waals surface area contributed by atoms with Gasteiger partial charge in [0, 0.05) is 92.9 Å². The summed E-state index contributed by atoms with van der Waals surface area (Å²) in [7, 11) is 0. The van der Waals surface area contributed by atoms with E-state index in [0.29, 0.717) is 0 Å². The Hall–Kier alpha value is -19.7. The fourth-order valence-corrected chi connectivity index (χ4v) is 13.5. The van der Waals surface area contributed by atoms with Crippen LogP contribution in [-0.2, 0) is 0 Å². The molecule has 0 spiro atoms. The first kappa shape index (κ1) is 80.7. The summed E-state index contributed by atoms with van der Waals surface area (Å²) in [6.07, 6.45) is 9.10. The summed E-state index contributed by atoms with van der Waals surface area (Å²) in [5, 5.41) is 104. The molecule has 0 atom stereocenters. The van der Waals surface area contributed by atoms with E-state index >= 15 is 0 Å². The molecule has 44 heteroatoms. The highest BCUT2D eigenvalue weighted by Crippen LogP contribution is 2.54. The quantitative estimate of drug-likeness (QED) is 0.0340. The lowest BCUT2D eigenvalue weighted by Gasteiger charge is -2.16. The molecule has 15 aromatic rings. The number of aromatic amines is 2. The SMILES string of the molecule is O=[N+]([O-])c1ccccc1Oc1ncnc(Oc2ccccc2[N+](=O)[O-])c1-c1c2nc(c(-c3c(Oc4ccccc4[N+](=O)[O-])ncnc3Oc3ccccc3[N+](=O)[O-])c3ccc([nH]3)c(-c3c(Oc4ccccc4[N+](=O)[O-])ncnc3Oc3ccccc3[N+](=O)[O-])c3nc(c(-c4c(Oc5ccccc5[N+](=O)[O-])ncnc4Oc4ccccc4[N+](=O)[O-])c4ccc1[nH]4)C=C3)C=C2. The summed E-state index contributed by atoms with van der Waals surface area (Å²) in [4.78, 5) is 152. The molecule has 8 aromatic carbocycles. The number of hydrogen-bond donors (Lipinski definition) is 2. The molecule has 0 fully saturated rings. The number of nitro groups is 8. The summed E-state index contributed by atoms with van der Waals surface area (Å²) >= 11 is 0. The molecule has 0 amide bonds. The molecule has 9 heterocycles. The van der Waals surface area contributed by atoms with Gasteiger partial charge in [-0.2, -0.15) is 0 Å². The number of H-pyrrole nitrogens is 2. The maximum atomic E-state index is 13.0. The van der Waals surface area contributed by atoms with Gasteiger partial charge in [0.15, 0.2) is 0 Å². The van der Waals surface area contributed by atoms with Crippen LogP contribution < -0.4 is 37.9 Å². The summed E-state index contributed by atoms with van der Waals surface area (Å²) in [6.45, 7) is 0. The van der Waals surface area contributed by atoms with Crippen LogP contribution in [0.1, 0.15) is 22.8 Å². The third-order valence-corrected chi connectivity index (χ3v) is 19.0. The second-order valence-electron chi connectivity index (χ2n) is 26.6. The standard InChI is InChI=1S/C84H46N20O24/c105-97(106)53-17-1-9-25-61(53)121-77-73(78(86-41-85-77)122-62-26-10-2-18-54(62)98(107)108)69-45-33-35-47(93-45)70(74-79(123-63-27-11-3-19-55(63)99(109)110)87-42-88-80(74)124-64-28-12-4-20-56(64)100(111)112)49-37-39-51(95-49)72(76-83(127-67-31-15-7-23-59(67)103(117)118)91-44-92-84(76)128-68-32-16-8-24-60(68)104(119)120)52-40-38-50(96-52)71(48-36-34-46(69)94-48)75-81(125-65-29-13-5-21-57(65)101(113)114)89-43-90-82(75)126-66-30-14-6-22-58(66)102(115)116/h1-44,93,96H. The van der Waals surface area contributed by atoms with Crippen LogP contribution in [-0.4, -0.2) is 99.2 Å². The first-order valence-electron chi connectivity index (χ1n) is 37.0. The van der Waals surface area contributed by atoms with Crippen molar-refractivity contribution in [3.63, 3.8) is 0 Å². The highest BCUT2D eigenvalue weighted by molar-refractivity contribution is 6.03. The van der Waals surface area contributed by atoms with Gasteiger partial charge in [-0.1, -0.05) is 97.1 Å². The highest BCUT2D eigenvalue weighted by Gasteiger charge is 2.36. The number of nitro benzene ring substituents is 8. The van der Waals surface area contributed by atoms with Crippen LogP contribution in [0.5, 0.6) is 93.0 Å². The second kappa shape index (κ2) is 34.2. The van der Waals surface area contributed by atoms with Crippen LogP contribution in [0, 0.1) is 80.9 Å². The Labute approximate surface area is 710 Å². The minimum atomic E-state index is -0.762. The molecule has 2 aliphatic heterocycles. The van der Waals surface area contributed by atoms with Gasteiger partial charge in [-0.25, -0.2) is 49.8 Å². The lowest BCUT2D eigenvalue weighted by molar-refractivity contribution is -0.385. The Morgan fingerprint density at radius 3 is 0.477 bits per heavy atom. The molecular formula is C84H46N20O24. The molecule has 17 rings (SSSR count). The van der Waals surface area contributed by atoms with E-state index in [9.17, 15) is 80.9 Å². The van der Waals surface area contributed by atoms with Crippen molar-refractivity contribution in [3.05, 3.63) is 347 Å². The second-order valence-corrected chi connectivity index (χ2v) is 26.6. The maximum Gasteiger partial charge on any atom is 0.311 e. The predicted octanol–water partition coefficient (Wildman–Crippen LogP) is 20.1. The van der Waals surface area contributed by atoms with Crippen LogP contribution in [0.2, 0.25) is 0 Å². The Morgan fingerprint density at radius 2 is 0.336 bits per heavy atom. The van der Waals surface area contributed by atoms with E-state index in [1.807, 2.05) is 0 Å². The minimum absolute atomic E-state index is 0.176. The van der Waals surface area contributed by atoms with Crippen molar-refractivity contribution < 1.29 is 77.3 Å². The zero-order chi connectivity index (χ0) is 89.0. The van der Waals surface area contributed by atoms with Crippen molar-refractivity contribution in [1.29, 1.82) is 0 Å². The van der Waals surface area contributed by atoms with Crippen LogP contribution in [0.25, 0.3) is 90.9 Å². The molecule has 2 N–H and O–H groups in total. The Bertz CT molecular complexity index is 6290. The van der Waals surface area contributed by atoms with Gasteiger partial charge in [-0.3, -0.25) is 80.9 Å². The lowest BCUT2D eigenvalue weighted by Crippen LogP contribution is -2.03. The van der Waals surface area contributed by atoms with Crippen LogP contribution in [0.3, 0.4) is 0 Å². The highest BCUT2D eigenvalue weighted by atomic mass is 16.7. The molecule has 128 heavy (non-hydrogen) atoms. The van der Waals surface area contributed by atoms with Gasteiger partial charge in [0.2, 0.25) is 93.0 Å². The number of aromatic nitrogens is 12. The van der Waals surface area contributed by atoms with E-state index in [2.05, 4.69) is 49.8 Å². The molecule has 0 unspecified atom stereocenters. The van der Waals surface area contributed by atoms with E-state index < -0.39 is 200 Å². The minimum Gasteiger partial charge on any atom is -0.431 e. The summed E-state index contributed by atoms with van der Waals surface area (Å²) in [5.74, 6) is -8.49. The van der Waals surface area contributed by atoms with Gasteiger partial charge in [0.25, 0.3) is 0 Å². The number of fused-ring (bicyclic) bond motifs is 8. The first-order valence-corrected chi connectivity index (χ1v) is 37.0. The Balaban J connectivity index is 1.09. The molecule has 0 radical (unpaired) electrons. The van der Waals surface area contributed by atoms with Crippen LogP contribution >= 0.6 is 0 Å². The van der Waals surface area contributed by atoms with Gasteiger partial charge in [-0.05, 0) is 97.1 Å². The molecule has 0 aliphatic carbocycles. The van der Waals surface area contributed by atoms with Crippen molar-refractivity contribution >= 4 is 91.9 Å². The zero-order valence-electron chi connectivity index (χ0n) is 64.3. The first-order chi connectivity index (χ1) is 62.1. The lowest BCUT2D eigenvalue weighted by atomic mass is 10.1. The Morgan fingerprint density at radius 1 is 0.195 bits per heavy atom. The van der Waals surface area contributed by atoms with E-state index in [0.717, 1.165) is 73.8 Å². The molecule has 0 saturated carbocycles. The number of nitrogens with one attached hydrogen (secondary N) is 2. The fourth-order valence-electron chi connectivity index (χ4n) is 13.5. The molecule has 8 bridgehead atoms. The van der Waals surface area contributed by atoms with Gasteiger partial charge in [0.1, 0.15) is 47.6 Å². The van der Waals surface area contributed by atoms with Crippen LogP contribution in [0.4, 0.5) is 45.5 Å². The maximum absolute atomic E-state index is 13.0. The van der Waals surface area contributed by atoms with Crippen molar-refractivity contribution in [1.82, 2.24) is 59.8 Å². The zero-order valence-corrected chi connectivity index (χ0v) is 64.3. The summed E-state index contributed by atoms with van der Waals surface area (Å²) in [6, 6.07) is 46.2. The molecule has 2 aliphatic rings. The van der Waals surface area contributed by atoms with Crippen molar-refractivity contribution in [2.75, 3.05) is 0 Å². The van der Waals surface area contributed by atoms with Crippen molar-refractivity contribution in [2.24, 2.45) is 0 Å². The molecule has 7 aromatic heterocycles.